The number of nitrogens with zero attached hydrogens (tertiary/aromatic N) is 1. The number of anilines is 1. The first kappa shape index (κ1) is 12.8. The maximum atomic E-state index is 6.03. The SMILES string of the molecule is CCc1csc(NC2(CN)CCCCC2C)n1. The molecule has 2 atom stereocenters. The molecule has 0 aromatic carbocycles. The number of aromatic nitrogens is 1. The number of nitrogens with two attached hydrogens (primary N) is 1. The van der Waals surface area contributed by atoms with Gasteiger partial charge in [-0.2, -0.15) is 0 Å². The van der Waals surface area contributed by atoms with E-state index in [-0.39, 0.29) is 5.54 Å². The van der Waals surface area contributed by atoms with Crippen LogP contribution >= 0.6 is 11.3 Å². The maximum Gasteiger partial charge on any atom is 0.183 e. The van der Waals surface area contributed by atoms with Crippen LogP contribution in [0.2, 0.25) is 0 Å². The lowest BCUT2D eigenvalue weighted by atomic mass is 9.74. The van der Waals surface area contributed by atoms with Crippen LogP contribution < -0.4 is 11.1 Å². The summed E-state index contributed by atoms with van der Waals surface area (Å²) in [5.74, 6) is 0.634. The van der Waals surface area contributed by atoms with E-state index in [1.807, 2.05) is 0 Å². The fourth-order valence-corrected chi connectivity index (χ4v) is 3.59. The second-order valence-corrected chi connectivity index (χ2v) is 5.99. The summed E-state index contributed by atoms with van der Waals surface area (Å²) in [6.07, 6.45) is 6.06. The van der Waals surface area contributed by atoms with E-state index in [1.54, 1.807) is 11.3 Å². The van der Waals surface area contributed by atoms with Crippen LogP contribution in [0, 0.1) is 5.92 Å². The van der Waals surface area contributed by atoms with Crippen molar-refractivity contribution in [2.45, 2.75) is 51.5 Å². The third kappa shape index (κ3) is 2.63. The average molecular weight is 253 g/mol. The van der Waals surface area contributed by atoms with Crippen LogP contribution in [0.25, 0.3) is 0 Å². The normalized spacial score (nSPS) is 29.2. The van der Waals surface area contributed by atoms with Crippen molar-refractivity contribution in [3.8, 4) is 0 Å². The number of aryl methyl sites for hydroxylation is 1. The lowest BCUT2D eigenvalue weighted by molar-refractivity contribution is 0.235. The van der Waals surface area contributed by atoms with Crippen LogP contribution in [0.1, 0.15) is 45.2 Å². The predicted octanol–water partition coefficient (Wildman–Crippen LogP) is 3.03. The van der Waals surface area contributed by atoms with Crippen LogP contribution in [0.4, 0.5) is 5.13 Å². The van der Waals surface area contributed by atoms with Gasteiger partial charge >= 0.3 is 0 Å². The number of nitrogens with one attached hydrogen (secondary N) is 1. The molecule has 0 saturated heterocycles. The van der Waals surface area contributed by atoms with Crippen molar-refractivity contribution >= 4 is 16.5 Å². The largest absolute Gasteiger partial charge is 0.355 e. The van der Waals surface area contributed by atoms with Gasteiger partial charge in [0.05, 0.1) is 11.2 Å². The van der Waals surface area contributed by atoms with Gasteiger partial charge in [0.2, 0.25) is 0 Å². The van der Waals surface area contributed by atoms with Gasteiger partial charge in [-0.25, -0.2) is 4.98 Å². The summed E-state index contributed by atoms with van der Waals surface area (Å²) in [5, 5.41) is 6.81. The molecule has 1 saturated carbocycles. The summed E-state index contributed by atoms with van der Waals surface area (Å²) < 4.78 is 0. The summed E-state index contributed by atoms with van der Waals surface area (Å²) in [5.41, 5.74) is 7.27. The van der Waals surface area contributed by atoms with Crippen LogP contribution in [-0.4, -0.2) is 17.1 Å². The van der Waals surface area contributed by atoms with E-state index in [0.717, 1.165) is 11.6 Å². The summed E-state index contributed by atoms with van der Waals surface area (Å²) in [7, 11) is 0. The Morgan fingerprint density at radius 1 is 1.59 bits per heavy atom. The first-order valence-electron chi connectivity index (χ1n) is 6.63. The van der Waals surface area contributed by atoms with E-state index < -0.39 is 0 Å². The predicted molar refractivity (Wildman–Crippen MR) is 74.5 cm³/mol. The Hall–Kier alpha value is -0.610. The molecule has 0 amide bonds. The molecule has 3 nitrogen and oxygen atoms in total. The van der Waals surface area contributed by atoms with E-state index in [1.165, 1.54) is 31.4 Å². The van der Waals surface area contributed by atoms with E-state index in [0.29, 0.717) is 12.5 Å². The van der Waals surface area contributed by atoms with Crippen LogP contribution in [0.15, 0.2) is 5.38 Å². The Labute approximate surface area is 108 Å². The number of thiazole rings is 1. The molecule has 1 aliphatic carbocycles. The molecule has 0 bridgehead atoms. The molecule has 96 valence electrons. The van der Waals surface area contributed by atoms with Crippen molar-refractivity contribution in [1.29, 1.82) is 0 Å². The first-order chi connectivity index (χ1) is 8.20. The number of hydrogen-bond donors (Lipinski definition) is 2. The van der Waals surface area contributed by atoms with E-state index >= 15 is 0 Å². The average Bonchev–Trinajstić information content (AvgIpc) is 2.80. The highest BCUT2D eigenvalue weighted by Gasteiger charge is 2.37. The second kappa shape index (κ2) is 5.36. The molecular weight excluding hydrogens is 230 g/mol. The highest BCUT2D eigenvalue weighted by molar-refractivity contribution is 7.13. The third-order valence-electron chi connectivity index (χ3n) is 4.09. The summed E-state index contributed by atoms with van der Waals surface area (Å²) in [6, 6.07) is 0. The highest BCUT2D eigenvalue weighted by Crippen LogP contribution is 2.36. The molecule has 1 aliphatic rings. The van der Waals surface area contributed by atoms with Gasteiger partial charge in [-0.05, 0) is 25.2 Å². The smallest absolute Gasteiger partial charge is 0.183 e. The van der Waals surface area contributed by atoms with Crippen LogP contribution in [0.3, 0.4) is 0 Å². The van der Waals surface area contributed by atoms with Gasteiger partial charge in [0, 0.05) is 11.9 Å². The fourth-order valence-electron chi connectivity index (χ4n) is 2.69. The zero-order chi connectivity index (χ0) is 12.3. The minimum absolute atomic E-state index is 0.0706. The van der Waals surface area contributed by atoms with Crippen molar-refractivity contribution < 1.29 is 0 Å². The summed E-state index contributed by atoms with van der Waals surface area (Å²) >= 11 is 1.71. The lowest BCUT2D eigenvalue weighted by Crippen LogP contribution is -2.52. The van der Waals surface area contributed by atoms with Crippen molar-refractivity contribution in [2.24, 2.45) is 11.7 Å². The standard InChI is InChI=1S/C13H23N3S/c1-3-11-8-17-12(15-11)16-13(9-14)7-5-4-6-10(13)2/h8,10H,3-7,9,14H2,1-2H3,(H,15,16). The Balaban J connectivity index is 2.12. The zero-order valence-electron chi connectivity index (χ0n) is 10.8. The minimum Gasteiger partial charge on any atom is -0.355 e. The van der Waals surface area contributed by atoms with E-state index in [4.69, 9.17) is 5.73 Å². The molecule has 0 radical (unpaired) electrons. The van der Waals surface area contributed by atoms with Gasteiger partial charge in [0.25, 0.3) is 0 Å². The Morgan fingerprint density at radius 2 is 2.41 bits per heavy atom. The lowest BCUT2D eigenvalue weighted by Gasteiger charge is -2.42. The van der Waals surface area contributed by atoms with Gasteiger partial charge in [-0.3, -0.25) is 0 Å². The molecule has 17 heavy (non-hydrogen) atoms. The minimum atomic E-state index is 0.0706. The molecule has 1 aromatic rings. The van der Waals surface area contributed by atoms with E-state index in [2.05, 4.69) is 29.5 Å². The quantitative estimate of drug-likeness (QED) is 0.867. The molecular formula is C13H23N3S. The Morgan fingerprint density at radius 3 is 3.00 bits per heavy atom. The van der Waals surface area contributed by atoms with Crippen LogP contribution in [-0.2, 0) is 6.42 Å². The molecule has 2 rings (SSSR count). The van der Waals surface area contributed by atoms with Crippen molar-refractivity contribution in [3.63, 3.8) is 0 Å². The maximum absolute atomic E-state index is 6.03. The molecule has 3 N–H and O–H groups in total. The first-order valence-corrected chi connectivity index (χ1v) is 7.51. The van der Waals surface area contributed by atoms with Crippen molar-refractivity contribution in [2.75, 3.05) is 11.9 Å². The Bertz CT molecular complexity index is 363. The van der Waals surface area contributed by atoms with Gasteiger partial charge in [0.15, 0.2) is 5.13 Å². The summed E-state index contributed by atoms with van der Waals surface area (Å²) in [6.45, 7) is 5.16. The topological polar surface area (TPSA) is 50.9 Å². The van der Waals surface area contributed by atoms with Crippen LogP contribution in [0.5, 0.6) is 0 Å². The molecule has 0 aliphatic heterocycles. The fraction of sp³-hybridized carbons (Fsp3) is 0.769. The highest BCUT2D eigenvalue weighted by atomic mass is 32.1. The van der Waals surface area contributed by atoms with E-state index in [9.17, 15) is 0 Å². The third-order valence-corrected chi connectivity index (χ3v) is 4.89. The molecule has 1 aromatic heterocycles. The second-order valence-electron chi connectivity index (χ2n) is 5.13. The van der Waals surface area contributed by atoms with Gasteiger partial charge in [0.1, 0.15) is 0 Å². The zero-order valence-corrected chi connectivity index (χ0v) is 11.6. The summed E-state index contributed by atoms with van der Waals surface area (Å²) in [4.78, 5) is 4.60. The van der Waals surface area contributed by atoms with Crippen molar-refractivity contribution in [3.05, 3.63) is 11.1 Å². The molecule has 1 fully saturated rings. The van der Waals surface area contributed by atoms with Gasteiger partial charge < -0.3 is 11.1 Å². The van der Waals surface area contributed by atoms with Gasteiger partial charge in [-0.15, -0.1) is 11.3 Å². The van der Waals surface area contributed by atoms with Gasteiger partial charge in [-0.1, -0.05) is 26.7 Å². The Kier molecular flexibility index (Phi) is 4.05. The molecule has 0 spiro atoms. The molecule has 1 heterocycles. The monoisotopic (exact) mass is 253 g/mol. The number of hydrogen-bond acceptors (Lipinski definition) is 4. The number of rotatable bonds is 4. The van der Waals surface area contributed by atoms with Crippen molar-refractivity contribution in [1.82, 2.24) is 4.98 Å². The molecule has 4 heteroatoms. The molecule has 2 unspecified atom stereocenters.